The number of fused-ring (bicyclic) bond motifs is 1. The van der Waals surface area contributed by atoms with Gasteiger partial charge in [0.1, 0.15) is 11.7 Å². The Hall–Kier alpha value is -2.51. The van der Waals surface area contributed by atoms with Crippen LogP contribution in [0.25, 0.3) is 11.0 Å². The number of hydrogen-bond donors (Lipinski definition) is 6. The zero-order chi connectivity index (χ0) is 22.5. The van der Waals surface area contributed by atoms with Crippen molar-refractivity contribution in [2.45, 2.75) is 31.7 Å². The fourth-order valence-corrected chi connectivity index (χ4v) is 3.19. The number of aryl methyl sites for hydroxylation is 2. The number of hydrogen-bond acceptors (Lipinski definition) is 6. The second-order valence-electron chi connectivity index (χ2n) is 6.98. The summed E-state index contributed by atoms with van der Waals surface area (Å²) in [5, 5.41) is 20.6. The third-order valence-corrected chi connectivity index (χ3v) is 4.79. The molecule has 3 aromatic rings. The number of amides is 1. The molecule has 0 aliphatic rings. The van der Waals surface area contributed by atoms with Crippen LogP contribution < -0.4 is 68.0 Å². The molecule has 0 aliphatic carbocycles. The first-order valence-electron chi connectivity index (χ1n) is 9.44. The number of nitrogens with two attached hydrogens (primary N) is 1. The second-order valence-corrected chi connectivity index (χ2v) is 6.98. The predicted molar refractivity (Wildman–Crippen MR) is 111 cm³/mol. The maximum atomic E-state index is 12.3. The van der Waals surface area contributed by atoms with Crippen LogP contribution >= 0.6 is 0 Å². The number of nitrogens with zero attached hydrogens (tertiary/aromatic N) is 1. The van der Waals surface area contributed by atoms with Crippen LogP contribution in [0.15, 0.2) is 35.3 Å². The quantitative estimate of drug-likeness (QED) is 0.189. The number of anilines is 1. The first-order valence-corrected chi connectivity index (χ1v) is 9.44. The van der Waals surface area contributed by atoms with Gasteiger partial charge in [-0.15, -0.1) is 0 Å². The van der Waals surface area contributed by atoms with Gasteiger partial charge >= 0.3 is 63.3 Å². The number of benzene rings is 1. The summed E-state index contributed by atoms with van der Waals surface area (Å²) in [7, 11) is 0. The summed E-state index contributed by atoms with van der Waals surface area (Å²) >= 11 is 0. The zero-order valence-electron chi connectivity index (χ0n) is 17.3. The Morgan fingerprint density at radius 3 is 2.44 bits per heavy atom. The van der Waals surface area contributed by atoms with Gasteiger partial charge in [-0.25, -0.2) is 4.79 Å². The predicted octanol–water partition coefficient (Wildman–Crippen LogP) is -2.33. The molecule has 0 saturated heterocycles. The van der Waals surface area contributed by atoms with E-state index in [0.29, 0.717) is 23.9 Å². The van der Waals surface area contributed by atoms with Crippen molar-refractivity contribution in [3.05, 3.63) is 57.5 Å². The maximum Gasteiger partial charge on any atom is 1.00 e. The number of carboxylic acid groups (broad SMARTS) is 2. The van der Waals surface area contributed by atoms with Gasteiger partial charge < -0.3 is 26.2 Å². The van der Waals surface area contributed by atoms with Gasteiger partial charge in [-0.1, -0.05) is 12.1 Å². The molecule has 0 radical (unpaired) electrons. The molecule has 32 heavy (non-hydrogen) atoms. The molecule has 0 unspecified atom stereocenters. The molecule has 1 aromatic carbocycles. The van der Waals surface area contributed by atoms with E-state index < -0.39 is 23.9 Å². The van der Waals surface area contributed by atoms with Crippen molar-refractivity contribution < 1.29 is 76.0 Å². The molecular formula is C20H21KN5O6+. The summed E-state index contributed by atoms with van der Waals surface area (Å²) in [6, 6.07) is 5.30. The zero-order valence-corrected chi connectivity index (χ0v) is 20.5. The van der Waals surface area contributed by atoms with Gasteiger partial charge in [0.05, 0.1) is 5.39 Å². The van der Waals surface area contributed by atoms with Crippen LogP contribution in [0.5, 0.6) is 0 Å². The topological polar surface area (TPSA) is 191 Å². The number of aromatic amines is 2. The molecule has 2 aromatic heterocycles. The number of nitrogens with one attached hydrogen (secondary N) is 3. The summed E-state index contributed by atoms with van der Waals surface area (Å²) in [5.74, 6) is -3.00. The summed E-state index contributed by atoms with van der Waals surface area (Å²) in [6.07, 6.45) is 2.27. The van der Waals surface area contributed by atoms with E-state index in [2.05, 4.69) is 20.3 Å². The smallest absolute Gasteiger partial charge is 0.481 e. The van der Waals surface area contributed by atoms with E-state index in [4.69, 9.17) is 15.9 Å². The Kier molecular flexibility index (Phi) is 9.16. The Morgan fingerprint density at radius 1 is 1.12 bits per heavy atom. The average molecular weight is 467 g/mol. The van der Waals surface area contributed by atoms with Crippen LogP contribution in [0.1, 0.15) is 34.3 Å². The number of carbonyl (C=O) groups is 3. The van der Waals surface area contributed by atoms with E-state index in [1.807, 2.05) is 0 Å². The van der Waals surface area contributed by atoms with Gasteiger partial charge in [-0.05, 0) is 42.5 Å². The third-order valence-electron chi connectivity index (χ3n) is 4.79. The SMILES string of the molecule is Nc1nc2[nH]cc(CCc3ccc(C(=O)N[C@@H](CCC(=O)O)C(=O)O)cc3)c2c(=O)[nH]1.[K+]. The van der Waals surface area contributed by atoms with Crippen molar-refractivity contribution in [1.82, 2.24) is 20.3 Å². The van der Waals surface area contributed by atoms with E-state index >= 15 is 0 Å². The minimum atomic E-state index is -1.30. The summed E-state index contributed by atoms with van der Waals surface area (Å²) in [6.45, 7) is 0. The van der Waals surface area contributed by atoms with Crippen LogP contribution in [0.3, 0.4) is 0 Å². The molecule has 0 saturated carbocycles. The Morgan fingerprint density at radius 2 is 1.81 bits per heavy atom. The van der Waals surface area contributed by atoms with E-state index in [0.717, 1.165) is 11.1 Å². The minimum Gasteiger partial charge on any atom is -0.481 e. The molecule has 0 bridgehead atoms. The van der Waals surface area contributed by atoms with E-state index in [1.165, 1.54) is 0 Å². The Balaban J connectivity index is 0.00000363. The summed E-state index contributed by atoms with van der Waals surface area (Å²) in [5.41, 5.74) is 7.59. The maximum absolute atomic E-state index is 12.3. The number of nitrogen functional groups attached to an aromatic ring is 1. The second kappa shape index (κ2) is 11.4. The number of carboxylic acids is 2. The molecule has 3 rings (SSSR count). The van der Waals surface area contributed by atoms with E-state index in [9.17, 15) is 19.2 Å². The van der Waals surface area contributed by atoms with Gasteiger partial charge in [0, 0.05) is 18.2 Å². The van der Waals surface area contributed by atoms with Crippen molar-refractivity contribution in [2.24, 2.45) is 0 Å². The standard InChI is InChI=1S/C20H21N5O6.K/c21-20-24-16-15(18(29)25-20)12(9-22-16)6-3-10-1-4-11(5-2-10)17(28)23-13(19(30)31)7-8-14(26)27;/h1-2,4-5,9,13H,3,6-8H2,(H,23,28)(H,26,27)(H,30,31)(H4,21,22,24,25,29);/q;+1/t13-;/m0./s1. The van der Waals surface area contributed by atoms with Gasteiger partial charge in [-0.2, -0.15) is 4.98 Å². The molecule has 1 atom stereocenters. The van der Waals surface area contributed by atoms with Crippen molar-refractivity contribution in [2.75, 3.05) is 5.73 Å². The first-order chi connectivity index (χ1) is 14.7. The molecule has 11 nitrogen and oxygen atoms in total. The molecule has 1 amide bonds. The molecule has 0 fully saturated rings. The monoisotopic (exact) mass is 466 g/mol. The van der Waals surface area contributed by atoms with Crippen molar-refractivity contribution in [3.63, 3.8) is 0 Å². The Bertz CT molecular complexity index is 1190. The molecule has 2 heterocycles. The fraction of sp³-hybridized carbons (Fsp3) is 0.250. The molecule has 0 aliphatic heterocycles. The number of H-pyrrole nitrogens is 2. The van der Waals surface area contributed by atoms with Gasteiger partial charge in [0.2, 0.25) is 5.95 Å². The van der Waals surface area contributed by atoms with Crippen LogP contribution in [0, 0.1) is 0 Å². The normalized spacial score (nSPS) is 11.5. The number of carbonyl (C=O) groups excluding carboxylic acids is 1. The van der Waals surface area contributed by atoms with E-state index in [-0.39, 0.29) is 81.3 Å². The molecular weight excluding hydrogens is 445 g/mol. The largest absolute Gasteiger partial charge is 1.00 e. The molecule has 162 valence electrons. The van der Waals surface area contributed by atoms with Gasteiger partial charge in [0.15, 0.2) is 0 Å². The first kappa shape index (κ1) is 25.7. The van der Waals surface area contributed by atoms with Crippen molar-refractivity contribution in [1.29, 1.82) is 0 Å². The summed E-state index contributed by atoms with van der Waals surface area (Å²) in [4.78, 5) is 55.7. The van der Waals surface area contributed by atoms with Crippen LogP contribution in [-0.2, 0) is 22.4 Å². The fourth-order valence-electron chi connectivity index (χ4n) is 3.19. The van der Waals surface area contributed by atoms with Crippen molar-refractivity contribution in [3.8, 4) is 0 Å². The van der Waals surface area contributed by atoms with Crippen LogP contribution in [-0.4, -0.2) is 49.1 Å². The molecule has 0 spiro atoms. The Labute approximate surface area is 224 Å². The van der Waals surface area contributed by atoms with Gasteiger partial charge in [-0.3, -0.25) is 19.4 Å². The summed E-state index contributed by atoms with van der Waals surface area (Å²) < 4.78 is 0. The average Bonchev–Trinajstić information content (AvgIpc) is 3.12. The molecule has 7 N–H and O–H groups in total. The van der Waals surface area contributed by atoms with Crippen LogP contribution in [0.4, 0.5) is 5.95 Å². The number of aromatic nitrogens is 3. The molecule has 12 heteroatoms. The minimum absolute atomic E-state index is 0. The third kappa shape index (κ3) is 6.50. The number of aliphatic carboxylic acids is 2. The van der Waals surface area contributed by atoms with Crippen molar-refractivity contribution >= 4 is 34.8 Å². The van der Waals surface area contributed by atoms with Gasteiger partial charge in [0.25, 0.3) is 11.5 Å². The van der Waals surface area contributed by atoms with Crippen LogP contribution in [0.2, 0.25) is 0 Å². The number of rotatable bonds is 9. The van der Waals surface area contributed by atoms with E-state index in [1.54, 1.807) is 30.5 Å².